The largest absolute Gasteiger partial charge is 0.496 e. The molecule has 0 aliphatic carbocycles. The zero-order valence-corrected chi connectivity index (χ0v) is 19.4. The van der Waals surface area contributed by atoms with Gasteiger partial charge in [0.1, 0.15) is 17.7 Å². The highest BCUT2D eigenvalue weighted by Gasteiger charge is 2.26. The maximum atomic E-state index is 13.8. The minimum absolute atomic E-state index is 0.366. The summed E-state index contributed by atoms with van der Waals surface area (Å²) in [5.41, 5.74) is 0.865. The molecular formula is C21H29FIN5O. The molecule has 0 unspecified atom stereocenters. The number of hydrogen-bond acceptors (Lipinski definition) is 6. The Balaban J connectivity index is 1.66. The Hall–Kier alpha value is -1.42. The lowest BCUT2D eigenvalue weighted by atomic mass is 10.0. The lowest BCUT2D eigenvalue weighted by Gasteiger charge is -2.35. The lowest BCUT2D eigenvalue weighted by Crippen LogP contribution is -2.42. The maximum Gasteiger partial charge on any atom is 0.227 e. The van der Waals surface area contributed by atoms with Gasteiger partial charge in [0.2, 0.25) is 5.95 Å². The Morgan fingerprint density at radius 1 is 1.17 bits per heavy atom. The first-order valence-electron chi connectivity index (χ1n) is 10.4. The highest BCUT2D eigenvalue weighted by molar-refractivity contribution is 14.1. The molecule has 3 heterocycles. The molecule has 0 saturated carbocycles. The summed E-state index contributed by atoms with van der Waals surface area (Å²) in [7, 11) is 1.68. The number of hydrogen-bond donors (Lipinski definition) is 1. The van der Waals surface area contributed by atoms with Crippen LogP contribution in [0.25, 0.3) is 10.9 Å². The van der Waals surface area contributed by atoms with Gasteiger partial charge in [-0.3, -0.25) is 0 Å². The number of fused-ring (bicyclic) bond motifs is 1. The first-order chi connectivity index (χ1) is 13.9. The van der Waals surface area contributed by atoms with Crippen LogP contribution in [0.4, 0.5) is 16.2 Å². The number of halogens is 2. The fourth-order valence-corrected chi connectivity index (χ4v) is 4.85. The minimum Gasteiger partial charge on any atom is -0.496 e. The second-order valence-electron chi connectivity index (χ2n) is 8.26. The number of benzene rings is 1. The summed E-state index contributed by atoms with van der Waals surface area (Å²) >= 11 is 2.26. The van der Waals surface area contributed by atoms with Gasteiger partial charge in [0.25, 0.3) is 0 Å². The molecule has 2 saturated heterocycles. The van der Waals surface area contributed by atoms with Gasteiger partial charge in [-0.05, 0) is 67.8 Å². The number of alkyl halides is 1. The number of piperidine rings is 1. The third-order valence-electron chi connectivity index (χ3n) is 5.97. The summed E-state index contributed by atoms with van der Waals surface area (Å²) in [5.74, 6) is 2.25. The van der Waals surface area contributed by atoms with Gasteiger partial charge in [0, 0.05) is 37.1 Å². The maximum absolute atomic E-state index is 13.8. The molecule has 1 aromatic carbocycles. The molecule has 0 bridgehead atoms. The van der Waals surface area contributed by atoms with E-state index in [2.05, 4.69) is 46.7 Å². The second-order valence-corrected chi connectivity index (χ2v) is 9.42. The molecule has 8 heteroatoms. The molecule has 2 fully saturated rings. The van der Waals surface area contributed by atoms with Gasteiger partial charge in [-0.25, -0.2) is 9.37 Å². The van der Waals surface area contributed by atoms with Crippen LogP contribution in [0.1, 0.15) is 33.1 Å². The average Bonchev–Trinajstić information content (AvgIpc) is 3.14. The summed E-state index contributed by atoms with van der Waals surface area (Å²) in [4.78, 5) is 14.1. The summed E-state index contributed by atoms with van der Waals surface area (Å²) in [5, 5.41) is 4.63. The molecule has 158 valence electrons. The Morgan fingerprint density at radius 2 is 1.93 bits per heavy atom. The fraction of sp³-hybridized carbons (Fsp3) is 0.619. The zero-order valence-electron chi connectivity index (χ0n) is 17.3. The van der Waals surface area contributed by atoms with Crippen molar-refractivity contribution in [2.75, 3.05) is 43.5 Å². The van der Waals surface area contributed by atoms with Gasteiger partial charge in [-0.15, -0.1) is 0 Å². The van der Waals surface area contributed by atoms with Crippen LogP contribution in [0.15, 0.2) is 12.1 Å². The quantitative estimate of drug-likeness (QED) is 0.609. The van der Waals surface area contributed by atoms with E-state index in [1.807, 2.05) is 17.0 Å². The Kier molecular flexibility index (Phi) is 6.29. The van der Waals surface area contributed by atoms with Gasteiger partial charge in [0.15, 0.2) is 0 Å². The number of likely N-dealkylation sites (tertiary alicyclic amines) is 1. The number of rotatable bonds is 5. The highest BCUT2D eigenvalue weighted by atomic mass is 127. The van der Waals surface area contributed by atoms with Crippen LogP contribution in [0, 0.1) is 3.57 Å². The zero-order chi connectivity index (χ0) is 20.5. The van der Waals surface area contributed by atoms with Crippen LogP contribution in [0.5, 0.6) is 5.75 Å². The molecule has 2 aliphatic rings. The third-order valence-corrected chi connectivity index (χ3v) is 6.81. The molecule has 29 heavy (non-hydrogen) atoms. The molecule has 1 N–H and O–H groups in total. The minimum atomic E-state index is -0.804. The molecule has 2 aromatic rings. The summed E-state index contributed by atoms with van der Waals surface area (Å²) in [6.45, 7) is 7.70. The van der Waals surface area contributed by atoms with Gasteiger partial charge < -0.3 is 19.9 Å². The van der Waals surface area contributed by atoms with Crippen LogP contribution in [-0.2, 0) is 0 Å². The first-order valence-corrected chi connectivity index (χ1v) is 11.5. The van der Waals surface area contributed by atoms with E-state index in [4.69, 9.17) is 14.7 Å². The Bertz CT molecular complexity index is 872. The van der Waals surface area contributed by atoms with Crippen LogP contribution in [-0.4, -0.2) is 66.4 Å². The van der Waals surface area contributed by atoms with Crippen molar-refractivity contribution >= 4 is 45.3 Å². The molecule has 2 aliphatic heterocycles. The Morgan fingerprint density at radius 3 is 2.55 bits per heavy atom. The van der Waals surface area contributed by atoms with Gasteiger partial charge in [-0.2, -0.15) is 4.98 Å². The van der Waals surface area contributed by atoms with Crippen LogP contribution >= 0.6 is 22.6 Å². The molecule has 1 atom stereocenters. The van der Waals surface area contributed by atoms with Crippen molar-refractivity contribution < 1.29 is 9.13 Å². The number of anilines is 2. The summed E-state index contributed by atoms with van der Waals surface area (Å²) in [6.07, 6.45) is 1.90. The normalized spacial score (nSPS) is 21.3. The average molecular weight is 513 g/mol. The number of ether oxygens (including phenoxy) is 1. The van der Waals surface area contributed by atoms with Crippen molar-refractivity contribution in [2.45, 2.75) is 51.4 Å². The van der Waals surface area contributed by atoms with Gasteiger partial charge in [0.05, 0.1) is 22.7 Å². The lowest BCUT2D eigenvalue weighted by molar-refractivity contribution is 0.177. The predicted octanol–water partition coefficient (Wildman–Crippen LogP) is 4.08. The van der Waals surface area contributed by atoms with Gasteiger partial charge in [-0.1, -0.05) is 0 Å². The third kappa shape index (κ3) is 4.52. The summed E-state index contributed by atoms with van der Waals surface area (Å²) in [6, 6.07) is 4.98. The molecular weight excluding hydrogens is 484 g/mol. The van der Waals surface area contributed by atoms with Crippen molar-refractivity contribution in [3.63, 3.8) is 0 Å². The number of aromatic nitrogens is 2. The number of methoxy groups -OCH3 is 1. The van der Waals surface area contributed by atoms with E-state index in [9.17, 15) is 4.39 Å². The SMILES string of the molecule is COc1cc2c(NC3CCN(C(C)C)CC3)nc(N3CC[C@@H](F)C3)nc2cc1I. The van der Waals surface area contributed by atoms with Crippen molar-refractivity contribution in [1.82, 2.24) is 14.9 Å². The highest BCUT2D eigenvalue weighted by Crippen LogP contribution is 2.33. The van der Waals surface area contributed by atoms with E-state index in [-0.39, 0.29) is 0 Å². The second kappa shape index (κ2) is 8.75. The van der Waals surface area contributed by atoms with E-state index < -0.39 is 6.17 Å². The van der Waals surface area contributed by atoms with Crippen LogP contribution < -0.4 is 15.0 Å². The first kappa shape index (κ1) is 20.8. The van der Waals surface area contributed by atoms with E-state index in [0.717, 1.165) is 52.0 Å². The standard InChI is InChI=1S/C21H29FIN5O/c1-13(2)27-8-5-15(6-9-27)24-20-16-10-19(29-3)17(23)11-18(16)25-21(26-20)28-7-4-14(22)12-28/h10-11,13-15H,4-9,12H2,1-3H3,(H,24,25,26)/t14-/m1/s1. The Labute approximate surface area is 185 Å². The summed E-state index contributed by atoms with van der Waals surface area (Å²) < 4.78 is 20.3. The molecule has 4 rings (SSSR count). The smallest absolute Gasteiger partial charge is 0.227 e. The topological polar surface area (TPSA) is 53.5 Å². The molecule has 0 radical (unpaired) electrons. The molecule has 0 amide bonds. The van der Waals surface area contributed by atoms with E-state index >= 15 is 0 Å². The fourth-order valence-electron chi connectivity index (χ4n) is 4.18. The van der Waals surface area contributed by atoms with Crippen molar-refractivity contribution in [1.29, 1.82) is 0 Å². The van der Waals surface area contributed by atoms with E-state index in [1.165, 1.54) is 0 Å². The molecule has 6 nitrogen and oxygen atoms in total. The van der Waals surface area contributed by atoms with E-state index in [0.29, 0.717) is 37.5 Å². The van der Waals surface area contributed by atoms with Crippen molar-refractivity contribution in [3.05, 3.63) is 15.7 Å². The van der Waals surface area contributed by atoms with Crippen LogP contribution in [0.3, 0.4) is 0 Å². The van der Waals surface area contributed by atoms with Gasteiger partial charge >= 0.3 is 0 Å². The number of nitrogens with one attached hydrogen (secondary N) is 1. The monoisotopic (exact) mass is 513 g/mol. The van der Waals surface area contributed by atoms with Crippen molar-refractivity contribution in [2.24, 2.45) is 0 Å². The van der Waals surface area contributed by atoms with E-state index in [1.54, 1.807) is 7.11 Å². The van der Waals surface area contributed by atoms with Crippen molar-refractivity contribution in [3.8, 4) is 5.75 Å². The molecule has 1 aromatic heterocycles. The predicted molar refractivity (Wildman–Crippen MR) is 124 cm³/mol. The van der Waals surface area contributed by atoms with Crippen LogP contribution in [0.2, 0.25) is 0 Å². The molecule has 0 spiro atoms. The number of nitrogens with zero attached hydrogens (tertiary/aromatic N) is 4.